The van der Waals surface area contributed by atoms with Gasteiger partial charge in [0, 0.05) is 30.4 Å². The Bertz CT molecular complexity index is 940. The molecule has 0 unspecified atom stereocenters. The topological polar surface area (TPSA) is 43.1 Å². The third-order valence-corrected chi connectivity index (χ3v) is 3.80. The minimum atomic E-state index is 0.778. The van der Waals surface area contributed by atoms with Gasteiger partial charge in [-0.3, -0.25) is 9.97 Å². The number of imidazole rings is 1. The average Bonchev–Trinajstić information content (AvgIpc) is 2.92. The van der Waals surface area contributed by atoms with Crippen molar-refractivity contribution in [3.05, 3.63) is 72.2 Å². The van der Waals surface area contributed by atoms with Crippen molar-refractivity contribution in [2.45, 2.75) is 13.3 Å². The second kappa shape index (κ2) is 4.66. The fourth-order valence-electron chi connectivity index (χ4n) is 2.73. The number of aromatic nitrogens is 4. The van der Waals surface area contributed by atoms with Crippen LogP contribution in [0.3, 0.4) is 0 Å². The summed E-state index contributed by atoms with van der Waals surface area (Å²) in [4.78, 5) is 13.3. The minimum absolute atomic E-state index is 0.778. The molecule has 0 atom stereocenters. The van der Waals surface area contributed by atoms with Gasteiger partial charge in [-0.05, 0) is 36.8 Å². The van der Waals surface area contributed by atoms with E-state index in [1.54, 1.807) is 0 Å². The second-order valence-corrected chi connectivity index (χ2v) is 5.11. The second-order valence-electron chi connectivity index (χ2n) is 5.11. The molecule has 0 N–H and O–H groups in total. The van der Waals surface area contributed by atoms with E-state index >= 15 is 0 Å². The van der Waals surface area contributed by atoms with Gasteiger partial charge in [0.1, 0.15) is 5.82 Å². The molecule has 0 radical (unpaired) electrons. The summed E-state index contributed by atoms with van der Waals surface area (Å²) >= 11 is 0. The Morgan fingerprint density at radius 2 is 1.90 bits per heavy atom. The van der Waals surface area contributed by atoms with Crippen LogP contribution in [-0.4, -0.2) is 19.4 Å². The number of nitrogens with zero attached hydrogens (tertiary/aromatic N) is 4. The highest BCUT2D eigenvalue weighted by atomic mass is 15.0. The molecule has 4 heteroatoms. The smallest absolute Gasteiger partial charge is 0.117 e. The number of fused-ring (bicyclic) bond motifs is 2. The molecule has 21 heavy (non-hydrogen) atoms. The van der Waals surface area contributed by atoms with E-state index in [1.807, 2.05) is 49.9 Å². The molecule has 0 aliphatic carbocycles. The van der Waals surface area contributed by atoms with Crippen LogP contribution in [0.25, 0.3) is 16.4 Å². The number of rotatable bonds is 2. The molecule has 0 aliphatic heterocycles. The van der Waals surface area contributed by atoms with Crippen LogP contribution in [0.1, 0.15) is 17.1 Å². The van der Waals surface area contributed by atoms with Crippen molar-refractivity contribution in [3.63, 3.8) is 0 Å². The number of pyridine rings is 3. The summed E-state index contributed by atoms with van der Waals surface area (Å²) in [6.07, 6.45) is 8.43. The molecule has 4 nitrogen and oxygen atoms in total. The lowest BCUT2D eigenvalue weighted by Crippen LogP contribution is -1.98. The summed E-state index contributed by atoms with van der Waals surface area (Å²) in [5.74, 6) is 1.03. The highest BCUT2D eigenvalue weighted by Gasteiger charge is 2.09. The molecule has 102 valence electrons. The summed E-state index contributed by atoms with van der Waals surface area (Å²) in [6.45, 7) is 1.99. The highest BCUT2D eigenvalue weighted by Crippen LogP contribution is 2.21. The normalized spacial score (nSPS) is 11.3. The van der Waals surface area contributed by atoms with Crippen LogP contribution >= 0.6 is 0 Å². The Morgan fingerprint density at radius 1 is 1.00 bits per heavy atom. The van der Waals surface area contributed by atoms with Crippen molar-refractivity contribution in [3.8, 4) is 0 Å². The van der Waals surface area contributed by atoms with E-state index in [0.29, 0.717) is 0 Å². The monoisotopic (exact) mass is 274 g/mol. The Balaban J connectivity index is 1.86. The van der Waals surface area contributed by atoms with Gasteiger partial charge in [0.05, 0.1) is 22.9 Å². The van der Waals surface area contributed by atoms with E-state index in [1.165, 1.54) is 5.56 Å². The lowest BCUT2D eigenvalue weighted by atomic mass is 10.1. The molecule has 4 aromatic heterocycles. The predicted octanol–water partition coefficient (Wildman–Crippen LogP) is 3.18. The molecule has 0 aliphatic rings. The molecule has 0 amide bonds. The van der Waals surface area contributed by atoms with Gasteiger partial charge in [0.15, 0.2) is 0 Å². The standard InChI is InChI=1S/C17H14N4/c1-12-17-15(6-8-18-12)13(5-7-19-17)10-16-20-11-14-4-2-3-9-21(14)16/h2-9,11H,10H2,1H3. The van der Waals surface area contributed by atoms with Crippen LogP contribution in [0.15, 0.2) is 55.1 Å². The summed E-state index contributed by atoms with van der Waals surface area (Å²) in [7, 11) is 0. The van der Waals surface area contributed by atoms with Gasteiger partial charge < -0.3 is 4.40 Å². The molecule has 4 rings (SSSR count). The molecular weight excluding hydrogens is 260 g/mol. The zero-order valence-electron chi connectivity index (χ0n) is 11.7. The first-order chi connectivity index (χ1) is 10.3. The van der Waals surface area contributed by atoms with Gasteiger partial charge in [-0.15, -0.1) is 0 Å². The average molecular weight is 274 g/mol. The summed E-state index contributed by atoms with van der Waals surface area (Å²) in [6, 6.07) is 10.2. The summed E-state index contributed by atoms with van der Waals surface area (Å²) in [5, 5.41) is 1.15. The molecule has 0 saturated carbocycles. The van der Waals surface area contributed by atoms with E-state index in [0.717, 1.165) is 34.4 Å². The van der Waals surface area contributed by atoms with Crippen LogP contribution in [0.5, 0.6) is 0 Å². The van der Waals surface area contributed by atoms with E-state index in [9.17, 15) is 0 Å². The zero-order valence-corrected chi connectivity index (χ0v) is 11.7. The zero-order chi connectivity index (χ0) is 14.2. The first kappa shape index (κ1) is 12.0. The number of hydrogen-bond acceptors (Lipinski definition) is 3. The molecule has 4 heterocycles. The molecule has 0 aromatic carbocycles. The highest BCUT2D eigenvalue weighted by molar-refractivity contribution is 5.83. The van der Waals surface area contributed by atoms with Crippen molar-refractivity contribution in [1.82, 2.24) is 19.4 Å². The van der Waals surface area contributed by atoms with E-state index < -0.39 is 0 Å². The Hall–Kier alpha value is -2.75. The molecule has 0 bridgehead atoms. The molecule has 4 aromatic rings. The van der Waals surface area contributed by atoms with Gasteiger partial charge in [0.2, 0.25) is 0 Å². The maximum absolute atomic E-state index is 4.55. The van der Waals surface area contributed by atoms with Gasteiger partial charge in [-0.1, -0.05) is 6.07 Å². The molecule has 0 saturated heterocycles. The van der Waals surface area contributed by atoms with Crippen molar-refractivity contribution >= 4 is 16.4 Å². The SMILES string of the molecule is Cc1nccc2c(Cc3ncc4ccccn34)ccnc12. The predicted molar refractivity (Wildman–Crippen MR) is 82.3 cm³/mol. The fourth-order valence-corrected chi connectivity index (χ4v) is 2.73. The molecule has 0 spiro atoms. The van der Waals surface area contributed by atoms with Crippen molar-refractivity contribution in [2.24, 2.45) is 0 Å². The van der Waals surface area contributed by atoms with Crippen LogP contribution < -0.4 is 0 Å². The summed E-state index contributed by atoms with van der Waals surface area (Å²) in [5.41, 5.74) is 4.27. The van der Waals surface area contributed by atoms with E-state index in [2.05, 4.69) is 31.5 Å². The third kappa shape index (κ3) is 1.96. The Morgan fingerprint density at radius 3 is 2.86 bits per heavy atom. The minimum Gasteiger partial charge on any atom is -0.303 e. The largest absolute Gasteiger partial charge is 0.303 e. The number of hydrogen-bond donors (Lipinski definition) is 0. The van der Waals surface area contributed by atoms with E-state index in [4.69, 9.17) is 0 Å². The van der Waals surface area contributed by atoms with Gasteiger partial charge in [0.25, 0.3) is 0 Å². The Labute approximate surface area is 122 Å². The lowest BCUT2D eigenvalue weighted by molar-refractivity contribution is 0.964. The van der Waals surface area contributed by atoms with Crippen LogP contribution in [0, 0.1) is 6.92 Å². The summed E-state index contributed by atoms with van der Waals surface area (Å²) < 4.78 is 2.13. The Kier molecular flexibility index (Phi) is 2.67. The third-order valence-electron chi connectivity index (χ3n) is 3.80. The molecule has 0 fully saturated rings. The van der Waals surface area contributed by atoms with Crippen LogP contribution in [0.2, 0.25) is 0 Å². The number of aryl methyl sites for hydroxylation is 1. The fraction of sp³-hybridized carbons (Fsp3) is 0.118. The maximum atomic E-state index is 4.55. The van der Waals surface area contributed by atoms with Gasteiger partial charge in [-0.2, -0.15) is 0 Å². The van der Waals surface area contributed by atoms with Crippen LogP contribution in [0.4, 0.5) is 0 Å². The first-order valence-electron chi connectivity index (χ1n) is 6.93. The quantitative estimate of drug-likeness (QED) is 0.564. The van der Waals surface area contributed by atoms with E-state index in [-0.39, 0.29) is 0 Å². The van der Waals surface area contributed by atoms with Gasteiger partial charge >= 0.3 is 0 Å². The van der Waals surface area contributed by atoms with Gasteiger partial charge in [-0.25, -0.2) is 4.98 Å². The maximum Gasteiger partial charge on any atom is 0.117 e. The van der Waals surface area contributed by atoms with Crippen molar-refractivity contribution < 1.29 is 0 Å². The lowest BCUT2D eigenvalue weighted by Gasteiger charge is -2.07. The molecular formula is C17H14N4. The van der Waals surface area contributed by atoms with Crippen molar-refractivity contribution in [1.29, 1.82) is 0 Å². The van der Waals surface area contributed by atoms with Crippen LogP contribution in [-0.2, 0) is 6.42 Å². The van der Waals surface area contributed by atoms with Crippen molar-refractivity contribution in [2.75, 3.05) is 0 Å². The first-order valence-corrected chi connectivity index (χ1v) is 6.93.